The first-order chi connectivity index (χ1) is 7.70. The molecule has 0 aliphatic rings. The van der Waals surface area contributed by atoms with Crippen molar-refractivity contribution in [2.75, 3.05) is 6.54 Å². The maximum atomic E-state index is 3.57. The Bertz CT molecular complexity index is 133. The highest BCUT2D eigenvalue weighted by molar-refractivity contribution is 4.65. The molecule has 2 atom stereocenters. The Balaban J connectivity index is 3.32. The van der Waals surface area contributed by atoms with Gasteiger partial charge in [-0.3, -0.25) is 0 Å². The first-order valence-electron chi connectivity index (χ1n) is 7.44. The second kappa shape index (κ2) is 11.4. The van der Waals surface area contributed by atoms with E-state index in [2.05, 4.69) is 33.0 Å². The lowest BCUT2D eigenvalue weighted by molar-refractivity contribution is 0.389. The third-order valence-electron chi connectivity index (χ3n) is 3.30. The zero-order valence-electron chi connectivity index (χ0n) is 12.0. The standard InChI is InChI=1S/C15H33N/c1-5-7-8-9-10-11-14(3)13-15(4)16-12-6-2/h14-16H,5-13H2,1-4H3. The van der Waals surface area contributed by atoms with E-state index >= 15 is 0 Å². The maximum absolute atomic E-state index is 3.57. The quantitative estimate of drug-likeness (QED) is 0.502. The number of nitrogens with one attached hydrogen (secondary N) is 1. The summed E-state index contributed by atoms with van der Waals surface area (Å²) in [5.74, 6) is 0.890. The lowest BCUT2D eigenvalue weighted by atomic mass is 9.96. The number of hydrogen-bond acceptors (Lipinski definition) is 1. The number of hydrogen-bond donors (Lipinski definition) is 1. The highest BCUT2D eigenvalue weighted by Gasteiger charge is 2.07. The lowest BCUT2D eigenvalue weighted by Crippen LogP contribution is -2.28. The molecule has 1 nitrogen and oxygen atoms in total. The fourth-order valence-corrected chi connectivity index (χ4v) is 2.29. The molecule has 98 valence electrons. The third kappa shape index (κ3) is 10.5. The molecule has 0 amide bonds. The van der Waals surface area contributed by atoms with E-state index in [1.807, 2.05) is 0 Å². The van der Waals surface area contributed by atoms with E-state index in [1.165, 1.54) is 57.9 Å². The van der Waals surface area contributed by atoms with Crippen LogP contribution in [-0.2, 0) is 0 Å². The van der Waals surface area contributed by atoms with E-state index < -0.39 is 0 Å². The van der Waals surface area contributed by atoms with Gasteiger partial charge in [0, 0.05) is 6.04 Å². The molecule has 0 rings (SSSR count). The monoisotopic (exact) mass is 227 g/mol. The molecule has 0 aliphatic carbocycles. The van der Waals surface area contributed by atoms with Gasteiger partial charge >= 0.3 is 0 Å². The van der Waals surface area contributed by atoms with E-state index in [0.29, 0.717) is 6.04 Å². The Hall–Kier alpha value is -0.0400. The zero-order valence-corrected chi connectivity index (χ0v) is 12.0. The van der Waals surface area contributed by atoms with Gasteiger partial charge in [-0.25, -0.2) is 0 Å². The van der Waals surface area contributed by atoms with E-state index in [9.17, 15) is 0 Å². The van der Waals surface area contributed by atoms with Gasteiger partial charge in [-0.2, -0.15) is 0 Å². The third-order valence-corrected chi connectivity index (χ3v) is 3.30. The van der Waals surface area contributed by atoms with E-state index in [-0.39, 0.29) is 0 Å². The van der Waals surface area contributed by atoms with Gasteiger partial charge in [-0.05, 0) is 32.2 Å². The molecular weight excluding hydrogens is 194 g/mol. The molecule has 0 aromatic heterocycles. The van der Waals surface area contributed by atoms with Gasteiger partial charge in [-0.1, -0.05) is 59.3 Å². The first-order valence-corrected chi connectivity index (χ1v) is 7.44. The van der Waals surface area contributed by atoms with E-state index in [4.69, 9.17) is 0 Å². The average molecular weight is 227 g/mol. The molecule has 16 heavy (non-hydrogen) atoms. The van der Waals surface area contributed by atoms with Crippen LogP contribution in [0.15, 0.2) is 0 Å². The maximum Gasteiger partial charge on any atom is 0.00412 e. The largest absolute Gasteiger partial charge is 0.314 e. The van der Waals surface area contributed by atoms with Crippen LogP contribution < -0.4 is 5.32 Å². The Kier molecular flexibility index (Phi) is 11.4. The van der Waals surface area contributed by atoms with Crippen molar-refractivity contribution in [3.05, 3.63) is 0 Å². The highest BCUT2D eigenvalue weighted by atomic mass is 14.9. The Morgan fingerprint density at radius 2 is 1.56 bits per heavy atom. The summed E-state index contributed by atoms with van der Waals surface area (Å²) in [4.78, 5) is 0. The fourth-order valence-electron chi connectivity index (χ4n) is 2.29. The molecule has 0 saturated carbocycles. The van der Waals surface area contributed by atoms with Gasteiger partial charge in [-0.15, -0.1) is 0 Å². The summed E-state index contributed by atoms with van der Waals surface area (Å²) >= 11 is 0. The molecule has 0 aromatic rings. The second-order valence-corrected chi connectivity index (χ2v) is 5.40. The van der Waals surface area contributed by atoms with Crippen LogP contribution in [0.5, 0.6) is 0 Å². The molecular formula is C15H33N. The fraction of sp³-hybridized carbons (Fsp3) is 1.00. The molecule has 0 radical (unpaired) electrons. The Morgan fingerprint density at radius 1 is 0.875 bits per heavy atom. The summed E-state index contributed by atoms with van der Waals surface area (Å²) in [6, 6.07) is 0.700. The van der Waals surface area contributed by atoms with Crippen molar-refractivity contribution < 1.29 is 0 Å². The lowest BCUT2D eigenvalue weighted by Gasteiger charge is -2.18. The van der Waals surface area contributed by atoms with Crippen LogP contribution in [0.1, 0.15) is 79.1 Å². The second-order valence-electron chi connectivity index (χ2n) is 5.40. The normalized spacial score (nSPS) is 15.0. The van der Waals surface area contributed by atoms with Crippen LogP contribution in [0.2, 0.25) is 0 Å². The smallest absolute Gasteiger partial charge is 0.00412 e. The summed E-state index contributed by atoms with van der Waals surface area (Å²) in [7, 11) is 0. The summed E-state index contributed by atoms with van der Waals surface area (Å²) in [5.41, 5.74) is 0. The van der Waals surface area contributed by atoms with Gasteiger partial charge in [0.15, 0.2) is 0 Å². The van der Waals surface area contributed by atoms with E-state index in [1.54, 1.807) is 0 Å². The predicted octanol–water partition coefficient (Wildman–Crippen LogP) is 4.76. The molecule has 0 spiro atoms. The minimum Gasteiger partial charge on any atom is -0.314 e. The van der Waals surface area contributed by atoms with Crippen LogP contribution in [0.4, 0.5) is 0 Å². The van der Waals surface area contributed by atoms with Crippen LogP contribution >= 0.6 is 0 Å². The molecule has 2 unspecified atom stereocenters. The minimum absolute atomic E-state index is 0.700. The molecule has 1 N–H and O–H groups in total. The van der Waals surface area contributed by atoms with Crippen molar-refractivity contribution in [3.8, 4) is 0 Å². The van der Waals surface area contributed by atoms with Crippen molar-refractivity contribution in [1.29, 1.82) is 0 Å². The molecule has 0 fully saturated rings. The minimum atomic E-state index is 0.700. The van der Waals surface area contributed by atoms with E-state index in [0.717, 1.165) is 5.92 Å². The van der Waals surface area contributed by atoms with Crippen LogP contribution in [0, 0.1) is 5.92 Å². The number of unbranched alkanes of at least 4 members (excludes halogenated alkanes) is 4. The van der Waals surface area contributed by atoms with Crippen molar-refractivity contribution in [2.24, 2.45) is 5.92 Å². The predicted molar refractivity (Wildman–Crippen MR) is 74.9 cm³/mol. The zero-order chi connectivity index (χ0) is 12.2. The summed E-state index contributed by atoms with van der Waals surface area (Å²) in [6.45, 7) is 10.4. The topological polar surface area (TPSA) is 12.0 Å². The summed E-state index contributed by atoms with van der Waals surface area (Å²) < 4.78 is 0. The van der Waals surface area contributed by atoms with Gasteiger partial charge in [0.2, 0.25) is 0 Å². The van der Waals surface area contributed by atoms with Gasteiger partial charge in [0.05, 0.1) is 0 Å². The van der Waals surface area contributed by atoms with Crippen molar-refractivity contribution >= 4 is 0 Å². The van der Waals surface area contributed by atoms with Crippen LogP contribution in [0.25, 0.3) is 0 Å². The first kappa shape index (κ1) is 16.0. The van der Waals surface area contributed by atoms with Gasteiger partial charge in [0.25, 0.3) is 0 Å². The molecule has 1 heteroatoms. The summed E-state index contributed by atoms with van der Waals surface area (Å²) in [6.07, 6.45) is 11.1. The highest BCUT2D eigenvalue weighted by Crippen LogP contribution is 2.15. The van der Waals surface area contributed by atoms with Gasteiger partial charge in [0.1, 0.15) is 0 Å². The Labute approximate surface area is 103 Å². The number of rotatable bonds is 11. The van der Waals surface area contributed by atoms with Crippen LogP contribution in [0.3, 0.4) is 0 Å². The van der Waals surface area contributed by atoms with Gasteiger partial charge < -0.3 is 5.32 Å². The molecule has 0 aliphatic heterocycles. The van der Waals surface area contributed by atoms with Crippen molar-refractivity contribution in [2.45, 2.75) is 85.1 Å². The van der Waals surface area contributed by atoms with Crippen molar-refractivity contribution in [3.63, 3.8) is 0 Å². The molecule has 0 heterocycles. The van der Waals surface area contributed by atoms with Crippen LogP contribution in [-0.4, -0.2) is 12.6 Å². The molecule has 0 bridgehead atoms. The Morgan fingerprint density at radius 3 is 2.19 bits per heavy atom. The molecule has 0 saturated heterocycles. The van der Waals surface area contributed by atoms with Crippen molar-refractivity contribution in [1.82, 2.24) is 5.32 Å². The average Bonchev–Trinajstić information content (AvgIpc) is 2.26. The summed E-state index contributed by atoms with van der Waals surface area (Å²) in [5, 5.41) is 3.57. The molecule has 0 aromatic carbocycles. The SMILES string of the molecule is CCCCCCCC(C)CC(C)NCCC.